The standard InChI is InChI=1S/C28H39F2N5O3/c1-19-15-24-22(16-21(19)27(37)34-12-10-33(11-13-34)9-3-4-14-38-2)25-23(26(36)32-24)17-31-35(25)18-20-5-7-28(29,30)8-6-20/h15-17,20,26,32,36H,3-14,18H2,1-2H3. The molecule has 1 saturated heterocycles. The molecule has 2 fully saturated rings. The van der Waals surface area contributed by atoms with E-state index in [1.165, 1.54) is 0 Å². The molecule has 0 spiro atoms. The normalized spacial score (nSPS) is 21.6. The van der Waals surface area contributed by atoms with E-state index in [1.807, 2.05) is 28.6 Å². The van der Waals surface area contributed by atoms with Crippen molar-refractivity contribution in [2.24, 2.45) is 5.92 Å². The Morgan fingerprint density at radius 3 is 2.63 bits per heavy atom. The summed E-state index contributed by atoms with van der Waals surface area (Å²) in [7, 11) is 1.72. The van der Waals surface area contributed by atoms with Crippen LogP contribution in [0.1, 0.15) is 66.2 Å². The minimum atomic E-state index is -2.57. The smallest absolute Gasteiger partial charge is 0.254 e. The summed E-state index contributed by atoms with van der Waals surface area (Å²) < 4.78 is 34.3. The van der Waals surface area contributed by atoms with Crippen molar-refractivity contribution >= 4 is 11.6 Å². The van der Waals surface area contributed by atoms with Crippen LogP contribution in [0.15, 0.2) is 18.3 Å². The maximum absolute atomic E-state index is 13.7. The van der Waals surface area contributed by atoms with E-state index < -0.39 is 12.2 Å². The highest BCUT2D eigenvalue weighted by Crippen LogP contribution is 2.43. The SMILES string of the molecule is COCCCCN1CCN(C(=O)c2cc3c(cc2C)NC(O)c2cnn(CC4CCC(F)(F)CC4)c2-3)CC1. The Kier molecular flexibility index (Phi) is 8.02. The maximum Gasteiger partial charge on any atom is 0.254 e. The Hall–Kier alpha value is -2.56. The molecule has 1 saturated carbocycles. The third kappa shape index (κ3) is 5.72. The summed E-state index contributed by atoms with van der Waals surface area (Å²) in [6, 6.07) is 3.83. The average Bonchev–Trinajstić information content (AvgIpc) is 3.32. The van der Waals surface area contributed by atoms with Crippen LogP contribution in [-0.2, 0) is 11.3 Å². The van der Waals surface area contributed by atoms with Crippen LogP contribution >= 0.6 is 0 Å². The van der Waals surface area contributed by atoms with Gasteiger partial charge in [-0.15, -0.1) is 0 Å². The number of aryl methyl sites for hydroxylation is 1. The Bertz CT molecular complexity index is 1140. The lowest BCUT2D eigenvalue weighted by Gasteiger charge is -2.35. The number of aliphatic hydroxyl groups is 1. The van der Waals surface area contributed by atoms with Crippen molar-refractivity contribution in [3.63, 3.8) is 0 Å². The number of nitrogens with one attached hydrogen (secondary N) is 1. The predicted octanol–water partition coefficient (Wildman–Crippen LogP) is 4.28. The van der Waals surface area contributed by atoms with Crippen molar-refractivity contribution < 1.29 is 23.4 Å². The molecule has 3 aliphatic rings. The molecule has 0 radical (unpaired) electrons. The number of carbonyl (C=O) groups excluding carboxylic acids is 1. The summed E-state index contributed by atoms with van der Waals surface area (Å²) in [5, 5.41) is 18.4. The van der Waals surface area contributed by atoms with Crippen LogP contribution in [-0.4, -0.2) is 83.0 Å². The van der Waals surface area contributed by atoms with Gasteiger partial charge in [0.15, 0.2) is 6.23 Å². The molecule has 10 heteroatoms. The third-order valence-electron chi connectivity index (χ3n) is 8.30. The molecule has 2 aliphatic heterocycles. The Labute approximate surface area is 222 Å². The predicted molar refractivity (Wildman–Crippen MR) is 141 cm³/mol. The van der Waals surface area contributed by atoms with Gasteiger partial charge in [0, 0.05) is 81.7 Å². The number of anilines is 1. The van der Waals surface area contributed by atoms with Crippen LogP contribution < -0.4 is 5.32 Å². The van der Waals surface area contributed by atoms with Crippen molar-refractivity contribution in [2.75, 3.05) is 51.8 Å². The van der Waals surface area contributed by atoms with Gasteiger partial charge in [0.25, 0.3) is 5.91 Å². The number of rotatable bonds is 8. The zero-order chi connectivity index (χ0) is 26.9. The molecule has 2 aromatic rings. The van der Waals surface area contributed by atoms with Gasteiger partial charge in [-0.2, -0.15) is 5.10 Å². The number of hydrogen-bond acceptors (Lipinski definition) is 6. The summed E-state index contributed by atoms with van der Waals surface area (Å²) in [6.45, 7) is 7.31. The van der Waals surface area contributed by atoms with E-state index >= 15 is 0 Å². The number of unbranched alkanes of at least 4 members (excludes halogenated alkanes) is 1. The molecule has 1 unspecified atom stereocenters. The van der Waals surface area contributed by atoms with E-state index in [1.54, 1.807) is 13.3 Å². The van der Waals surface area contributed by atoms with Gasteiger partial charge in [-0.05, 0) is 62.8 Å². The summed E-state index contributed by atoms with van der Waals surface area (Å²) in [5.74, 6) is -2.46. The second-order valence-electron chi connectivity index (χ2n) is 11.0. The highest BCUT2D eigenvalue weighted by Gasteiger charge is 2.36. The second kappa shape index (κ2) is 11.3. The zero-order valence-corrected chi connectivity index (χ0v) is 22.4. The van der Waals surface area contributed by atoms with Gasteiger partial charge in [0.05, 0.1) is 11.9 Å². The van der Waals surface area contributed by atoms with Crippen LogP contribution in [0.25, 0.3) is 11.3 Å². The molecule has 1 aromatic carbocycles. The first-order chi connectivity index (χ1) is 18.3. The first-order valence-electron chi connectivity index (χ1n) is 13.8. The molecular weight excluding hydrogens is 492 g/mol. The second-order valence-corrected chi connectivity index (χ2v) is 11.0. The number of fused-ring (bicyclic) bond motifs is 3. The molecule has 0 bridgehead atoms. The van der Waals surface area contributed by atoms with Gasteiger partial charge in [0.1, 0.15) is 0 Å². The number of methoxy groups -OCH3 is 1. The molecule has 1 amide bonds. The number of nitrogens with zero attached hydrogens (tertiary/aromatic N) is 4. The fourth-order valence-corrected chi connectivity index (χ4v) is 5.97. The summed E-state index contributed by atoms with van der Waals surface area (Å²) in [6.07, 6.45) is 3.56. The van der Waals surface area contributed by atoms with Gasteiger partial charge in [-0.25, -0.2) is 8.78 Å². The number of aliphatic hydroxyl groups excluding tert-OH is 1. The molecule has 1 aliphatic carbocycles. The number of carbonyl (C=O) groups is 1. The van der Waals surface area contributed by atoms with Crippen molar-refractivity contribution in [3.05, 3.63) is 35.0 Å². The van der Waals surface area contributed by atoms with Crippen LogP contribution in [0.3, 0.4) is 0 Å². The number of amides is 1. The Balaban J connectivity index is 1.32. The molecular formula is C28H39F2N5O3. The van der Waals surface area contributed by atoms with Crippen LogP contribution in [0.5, 0.6) is 0 Å². The fourth-order valence-electron chi connectivity index (χ4n) is 5.97. The Morgan fingerprint density at radius 1 is 1.18 bits per heavy atom. The minimum absolute atomic E-state index is 0.0117. The summed E-state index contributed by atoms with van der Waals surface area (Å²) in [4.78, 5) is 17.9. The summed E-state index contributed by atoms with van der Waals surface area (Å²) >= 11 is 0. The number of aromatic nitrogens is 2. The quantitative estimate of drug-likeness (QED) is 0.495. The van der Waals surface area contributed by atoms with Crippen LogP contribution in [0.4, 0.5) is 14.5 Å². The highest BCUT2D eigenvalue weighted by molar-refractivity contribution is 5.99. The monoisotopic (exact) mass is 531 g/mol. The van der Waals surface area contributed by atoms with Gasteiger partial charge < -0.3 is 20.1 Å². The highest BCUT2D eigenvalue weighted by atomic mass is 19.3. The van der Waals surface area contributed by atoms with E-state index in [-0.39, 0.29) is 24.7 Å². The number of ether oxygens (including phenoxy) is 1. The summed E-state index contributed by atoms with van der Waals surface area (Å²) in [5.41, 5.74) is 4.46. The first-order valence-corrected chi connectivity index (χ1v) is 13.8. The topological polar surface area (TPSA) is 82.9 Å². The number of benzene rings is 1. The van der Waals surface area contributed by atoms with Gasteiger partial charge in [-0.3, -0.25) is 14.4 Å². The van der Waals surface area contributed by atoms with Crippen LogP contribution in [0, 0.1) is 12.8 Å². The van der Waals surface area contributed by atoms with E-state index in [0.29, 0.717) is 43.6 Å². The molecule has 208 valence electrons. The first kappa shape index (κ1) is 27.0. The number of piperazine rings is 1. The largest absolute Gasteiger partial charge is 0.385 e. The lowest BCUT2D eigenvalue weighted by molar-refractivity contribution is -0.0476. The fraction of sp³-hybridized carbons (Fsp3) is 0.643. The van der Waals surface area contributed by atoms with Crippen molar-refractivity contribution in [3.8, 4) is 11.3 Å². The van der Waals surface area contributed by atoms with Crippen LogP contribution in [0.2, 0.25) is 0 Å². The lowest BCUT2D eigenvalue weighted by Crippen LogP contribution is -2.49. The van der Waals surface area contributed by atoms with E-state index in [4.69, 9.17) is 4.74 Å². The third-order valence-corrected chi connectivity index (χ3v) is 8.30. The number of halogens is 2. The molecule has 38 heavy (non-hydrogen) atoms. The van der Waals surface area contributed by atoms with Crippen molar-refractivity contribution in [2.45, 2.75) is 64.1 Å². The van der Waals surface area contributed by atoms with Gasteiger partial charge in [-0.1, -0.05) is 0 Å². The maximum atomic E-state index is 13.7. The van der Waals surface area contributed by atoms with Gasteiger partial charge >= 0.3 is 0 Å². The van der Waals surface area contributed by atoms with E-state index in [9.17, 15) is 18.7 Å². The molecule has 5 rings (SSSR count). The Morgan fingerprint density at radius 2 is 1.92 bits per heavy atom. The van der Waals surface area contributed by atoms with E-state index in [0.717, 1.165) is 61.6 Å². The van der Waals surface area contributed by atoms with Gasteiger partial charge in [0.2, 0.25) is 5.92 Å². The average molecular weight is 532 g/mol. The zero-order valence-electron chi connectivity index (χ0n) is 22.4. The molecule has 3 heterocycles. The lowest BCUT2D eigenvalue weighted by atomic mass is 9.86. The van der Waals surface area contributed by atoms with E-state index in [2.05, 4.69) is 15.3 Å². The number of alkyl halides is 2. The van der Waals surface area contributed by atoms with Crippen molar-refractivity contribution in [1.29, 1.82) is 0 Å². The number of hydrogen-bond donors (Lipinski definition) is 2. The van der Waals surface area contributed by atoms with Crippen molar-refractivity contribution in [1.82, 2.24) is 19.6 Å². The molecule has 8 nitrogen and oxygen atoms in total. The minimum Gasteiger partial charge on any atom is -0.385 e. The molecule has 1 atom stereocenters. The molecule has 2 N–H and O–H groups in total. The molecule has 1 aromatic heterocycles.